The molecule has 1 aromatic heterocycles. The summed E-state index contributed by atoms with van der Waals surface area (Å²) in [6.45, 7) is 5.32. The number of anilines is 1. The van der Waals surface area contributed by atoms with E-state index >= 15 is 0 Å². The minimum Gasteiger partial charge on any atom is -0.473 e. The standard InChI is InChI=1S/C23H19NO3/c1-14-7-8-16(11-15(14)2)24-12-20-21(26-13-24)10-9-18-17-5-3-4-6-19(17)23(25)27-22(18)20/h3-11H,12-13H2,1-2H3. The molecule has 134 valence electrons. The van der Waals surface area contributed by atoms with Crippen LogP contribution in [-0.4, -0.2) is 6.73 Å². The molecular formula is C23H19NO3. The summed E-state index contributed by atoms with van der Waals surface area (Å²) in [5.41, 5.74) is 4.83. The van der Waals surface area contributed by atoms with Gasteiger partial charge in [0.05, 0.1) is 17.5 Å². The fraction of sp³-hybridized carbons (Fsp3) is 0.174. The Labute approximate surface area is 156 Å². The molecule has 0 saturated heterocycles. The Kier molecular flexibility index (Phi) is 3.47. The fourth-order valence-corrected chi connectivity index (χ4v) is 3.74. The van der Waals surface area contributed by atoms with Crippen LogP contribution in [0.2, 0.25) is 0 Å². The highest BCUT2D eigenvalue weighted by atomic mass is 16.5. The summed E-state index contributed by atoms with van der Waals surface area (Å²) in [5.74, 6) is 0.779. The van der Waals surface area contributed by atoms with Gasteiger partial charge in [-0.3, -0.25) is 0 Å². The summed E-state index contributed by atoms with van der Waals surface area (Å²) in [6.07, 6.45) is 0. The van der Waals surface area contributed by atoms with Crippen LogP contribution < -0.4 is 15.3 Å². The van der Waals surface area contributed by atoms with Crippen molar-refractivity contribution in [3.05, 3.63) is 81.7 Å². The third-order valence-electron chi connectivity index (χ3n) is 5.43. The third kappa shape index (κ3) is 2.48. The predicted octanol–water partition coefficient (Wildman–Crippen LogP) is 4.92. The Morgan fingerprint density at radius 3 is 2.52 bits per heavy atom. The van der Waals surface area contributed by atoms with Crippen LogP contribution in [0, 0.1) is 13.8 Å². The van der Waals surface area contributed by atoms with E-state index in [-0.39, 0.29) is 5.63 Å². The SMILES string of the molecule is Cc1ccc(N2COc3ccc4c(oc(=O)c5ccccc54)c3C2)cc1C. The van der Waals surface area contributed by atoms with Gasteiger partial charge in [0.1, 0.15) is 11.3 Å². The van der Waals surface area contributed by atoms with Crippen molar-refractivity contribution in [1.29, 1.82) is 0 Å². The zero-order chi connectivity index (χ0) is 18.5. The van der Waals surface area contributed by atoms with E-state index in [1.807, 2.05) is 30.3 Å². The molecule has 4 nitrogen and oxygen atoms in total. The molecule has 0 aliphatic carbocycles. The summed E-state index contributed by atoms with van der Waals surface area (Å²) >= 11 is 0. The van der Waals surface area contributed by atoms with E-state index in [1.54, 1.807) is 6.07 Å². The lowest BCUT2D eigenvalue weighted by atomic mass is 10.0. The van der Waals surface area contributed by atoms with Crippen LogP contribution in [0.25, 0.3) is 21.7 Å². The van der Waals surface area contributed by atoms with E-state index in [9.17, 15) is 4.79 Å². The predicted molar refractivity (Wildman–Crippen MR) is 108 cm³/mol. The van der Waals surface area contributed by atoms with E-state index < -0.39 is 0 Å². The van der Waals surface area contributed by atoms with Crippen molar-refractivity contribution in [2.45, 2.75) is 20.4 Å². The Morgan fingerprint density at radius 2 is 1.70 bits per heavy atom. The van der Waals surface area contributed by atoms with Crippen molar-refractivity contribution in [3.63, 3.8) is 0 Å². The average molecular weight is 357 g/mol. The summed E-state index contributed by atoms with van der Waals surface area (Å²) in [7, 11) is 0. The first-order valence-corrected chi connectivity index (χ1v) is 9.04. The molecule has 0 spiro atoms. The number of nitrogens with zero attached hydrogens (tertiary/aromatic N) is 1. The number of fused-ring (bicyclic) bond motifs is 5. The van der Waals surface area contributed by atoms with E-state index in [0.29, 0.717) is 24.2 Å². The molecule has 0 saturated carbocycles. The first-order chi connectivity index (χ1) is 13.1. The van der Waals surface area contributed by atoms with Gasteiger partial charge in [-0.15, -0.1) is 0 Å². The van der Waals surface area contributed by atoms with Crippen molar-refractivity contribution < 1.29 is 9.15 Å². The molecule has 4 aromatic rings. The van der Waals surface area contributed by atoms with Crippen molar-refractivity contribution in [2.75, 3.05) is 11.6 Å². The maximum Gasteiger partial charge on any atom is 0.344 e. The lowest BCUT2D eigenvalue weighted by Crippen LogP contribution is -2.32. The van der Waals surface area contributed by atoms with Gasteiger partial charge in [0.25, 0.3) is 0 Å². The van der Waals surface area contributed by atoms with Crippen LogP contribution >= 0.6 is 0 Å². The van der Waals surface area contributed by atoms with Gasteiger partial charge in [0.2, 0.25) is 0 Å². The van der Waals surface area contributed by atoms with Crippen LogP contribution in [0.5, 0.6) is 5.75 Å². The highest BCUT2D eigenvalue weighted by Gasteiger charge is 2.23. The van der Waals surface area contributed by atoms with Gasteiger partial charge in [-0.25, -0.2) is 4.79 Å². The van der Waals surface area contributed by atoms with Crippen LogP contribution in [-0.2, 0) is 6.54 Å². The van der Waals surface area contributed by atoms with Gasteiger partial charge in [-0.05, 0) is 60.7 Å². The summed E-state index contributed by atoms with van der Waals surface area (Å²) in [4.78, 5) is 14.6. The van der Waals surface area contributed by atoms with Gasteiger partial charge in [-0.1, -0.05) is 24.3 Å². The first kappa shape index (κ1) is 15.9. The zero-order valence-corrected chi connectivity index (χ0v) is 15.3. The second-order valence-corrected chi connectivity index (χ2v) is 7.09. The molecule has 2 heterocycles. The summed E-state index contributed by atoms with van der Waals surface area (Å²) in [6, 6.07) is 17.9. The van der Waals surface area contributed by atoms with Gasteiger partial charge in [0, 0.05) is 11.1 Å². The Hall–Kier alpha value is -3.27. The van der Waals surface area contributed by atoms with E-state index in [2.05, 4.69) is 36.9 Å². The second-order valence-electron chi connectivity index (χ2n) is 7.09. The van der Waals surface area contributed by atoms with Gasteiger partial charge in [0.15, 0.2) is 6.73 Å². The van der Waals surface area contributed by atoms with Crippen molar-refractivity contribution in [2.24, 2.45) is 0 Å². The van der Waals surface area contributed by atoms with Gasteiger partial charge < -0.3 is 14.1 Å². The van der Waals surface area contributed by atoms with Crippen LogP contribution in [0.1, 0.15) is 16.7 Å². The van der Waals surface area contributed by atoms with Gasteiger partial charge in [-0.2, -0.15) is 0 Å². The van der Waals surface area contributed by atoms with E-state index in [4.69, 9.17) is 9.15 Å². The molecule has 0 fully saturated rings. The number of hydrogen-bond acceptors (Lipinski definition) is 4. The molecule has 0 atom stereocenters. The Balaban J connectivity index is 1.68. The number of hydrogen-bond donors (Lipinski definition) is 0. The molecule has 0 N–H and O–H groups in total. The lowest BCUT2D eigenvalue weighted by Gasteiger charge is -2.31. The topological polar surface area (TPSA) is 42.7 Å². The molecule has 1 aliphatic heterocycles. The minimum atomic E-state index is -0.310. The molecule has 0 bridgehead atoms. The fourth-order valence-electron chi connectivity index (χ4n) is 3.74. The number of ether oxygens (including phenoxy) is 1. The van der Waals surface area contributed by atoms with E-state index in [0.717, 1.165) is 27.8 Å². The third-order valence-corrected chi connectivity index (χ3v) is 5.43. The molecular weight excluding hydrogens is 338 g/mol. The largest absolute Gasteiger partial charge is 0.473 e. The highest BCUT2D eigenvalue weighted by Crippen LogP contribution is 2.36. The molecule has 4 heteroatoms. The molecule has 3 aromatic carbocycles. The number of rotatable bonds is 1. The van der Waals surface area contributed by atoms with E-state index in [1.165, 1.54) is 11.1 Å². The van der Waals surface area contributed by atoms with Crippen LogP contribution in [0.3, 0.4) is 0 Å². The number of benzene rings is 3. The summed E-state index contributed by atoms with van der Waals surface area (Å²) < 4.78 is 11.7. The second kappa shape index (κ2) is 5.88. The van der Waals surface area contributed by atoms with Crippen molar-refractivity contribution in [1.82, 2.24) is 0 Å². The van der Waals surface area contributed by atoms with Crippen LogP contribution in [0.15, 0.2) is 63.8 Å². The van der Waals surface area contributed by atoms with Crippen molar-refractivity contribution >= 4 is 27.4 Å². The van der Waals surface area contributed by atoms with Crippen molar-refractivity contribution in [3.8, 4) is 5.75 Å². The van der Waals surface area contributed by atoms with Crippen LogP contribution in [0.4, 0.5) is 5.69 Å². The Bertz CT molecular complexity index is 1260. The highest BCUT2D eigenvalue weighted by molar-refractivity contribution is 6.05. The Morgan fingerprint density at radius 1 is 0.889 bits per heavy atom. The zero-order valence-electron chi connectivity index (χ0n) is 15.3. The molecule has 5 rings (SSSR count). The molecule has 0 radical (unpaired) electrons. The normalized spacial score (nSPS) is 13.6. The summed E-state index contributed by atoms with van der Waals surface area (Å²) in [5, 5.41) is 2.46. The average Bonchev–Trinajstić information content (AvgIpc) is 2.70. The molecule has 27 heavy (non-hydrogen) atoms. The maximum atomic E-state index is 12.5. The molecule has 0 amide bonds. The smallest absolute Gasteiger partial charge is 0.344 e. The number of aryl methyl sites for hydroxylation is 2. The lowest BCUT2D eigenvalue weighted by molar-refractivity contribution is 0.289. The first-order valence-electron chi connectivity index (χ1n) is 9.04. The monoisotopic (exact) mass is 357 g/mol. The quantitative estimate of drug-likeness (QED) is 0.358. The maximum absolute atomic E-state index is 12.5. The molecule has 1 aliphatic rings. The van der Waals surface area contributed by atoms with Gasteiger partial charge >= 0.3 is 5.63 Å². The molecule has 0 unspecified atom stereocenters. The minimum absolute atomic E-state index is 0.310.